The second-order valence-corrected chi connectivity index (χ2v) is 10.6. The second-order valence-electron chi connectivity index (χ2n) is 7.95. The summed E-state index contributed by atoms with van der Waals surface area (Å²) in [6.45, 7) is 2.06. The van der Waals surface area contributed by atoms with Gasteiger partial charge in [-0.1, -0.05) is 77.4 Å². The Morgan fingerprint density at radius 1 is 0.973 bits per heavy atom. The van der Waals surface area contributed by atoms with Crippen LogP contribution in [0.5, 0.6) is 0 Å². The summed E-state index contributed by atoms with van der Waals surface area (Å²) in [5.41, 5.74) is 4.62. The average Bonchev–Trinajstić information content (AvgIpc) is 3.32. The fraction of sp³-hybridized carbons (Fsp3) is 0.107. The number of benzene rings is 3. The third kappa shape index (κ3) is 5.75. The second kappa shape index (κ2) is 11.5. The van der Waals surface area contributed by atoms with Crippen LogP contribution in [0.25, 0.3) is 22.2 Å². The number of anilines is 2. The average molecular weight is 567 g/mol. The summed E-state index contributed by atoms with van der Waals surface area (Å²) >= 11 is 15.4. The molecule has 0 spiro atoms. The lowest BCUT2D eigenvalue weighted by atomic mass is 10.0. The zero-order chi connectivity index (χ0) is 25.8. The van der Waals surface area contributed by atoms with Crippen molar-refractivity contribution in [3.63, 3.8) is 0 Å². The Morgan fingerprint density at radius 2 is 1.68 bits per heavy atom. The van der Waals surface area contributed by atoms with Crippen LogP contribution in [0, 0.1) is 0 Å². The molecule has 2 aromatic heterocycles. The summed E-state index contributed by atoms with van der Waals surface area (Å²) in [6, 6.07) is 22.8. The van der Waals surface area contributed by atoms with Crippen molar-refractivity contribution in [3.05, 3.63) is 99.3 Å². The van der Waals surface area contributed by atoms with Gasteiger partial charge in [0.05, 0.1) is 17.6 Å². The number of carbonyl (C=O) groups excluding carboxylic acids is 1. The van der Waals surface area contributed by atoms with Gasteiger partial charge in [-0.2, -0.15) is 0 Å². The number of aromatic nitrogens is 2. The number of halogens is 2. The van der Waals surface area contributed by atoms with Crippen LogP contribution in [0.3, 0.4) is 0 Å². The molecule has 0 radical (unpaired) electrons. The Labute approximate surface area is 232 Å². The molecular weight excluding hydrogens is 545 g/mol. The largest absolute Gasteiger partial charge is 0.462 e. The molecule has 5 rings (SSSR count). The highest BCUT2D eigenvalue weighted by molar-refractivity contribution is 7.98. The van der Waals surface area contributed by atoms with Gasteiger partial charge < -0.3 is 10.1 Å². The summed E-state index contributed by atoms with van der Waals surface area (Å²) in [5, 5.41) is 7.99. The Hall–Kier alpha value is -3.10. The zero-order valence-corrected chi connectivity index (χ0v) is 22.8. The number of thioether (sulfide) groups is 1. The Kier molecular flexibility index (Phi) is 7.96. The summed E-state index contributed by atoms with van der Waals surface area (Å²) in [6.07, 6.45) is 0. The van der Waals surface area contributed by atoms with E-state index in [-0.39, 0.29) is 6.61 Å². The van der Waals surface area contributed by atoms with Gasteiger partial charge in [0.25, 0.3) is 0 Å². The minimum Gasteiger partial charge on any atom is -0.462 e. The number of hydrogen-bond acceptors (Lipinski definition) is 7. The van der Waals surface area contributed by atoms with Gasteiger partial charge in [0.15, 0.2) is 5.82 Å². The van der Waals surface area contributed by atoms with Crippen LogP contribution >= 0.6 is 46.3 Å². The highest BCUT2D eigenvalue weighted by Gasteiger charge is 2.23. The molecule has 0 aliphatic heterocycles. The van der Waals surface area contributed by atoms with E-state index in [0.29, 0.717) is 37.2 Å². The molecule has 1 N–H and O–H groups in total. The van der Waals surface area contributed by atoms with E-state index in [0.717, 1.165) is 27.7 Å². The van der Waals surface area contributed by atoms with Gasteiger partial charge in [-0.05, 0) is 48.4 Å². The van der Waals surface area contributed by atoms with E-state index in [4.69, 9.17) is 37.9 Å². The van der Waals surface area contributed by atoms with Gasteiger partial charge >= 0.3 is 5.97 Å². The maximum atomic E-state index is 13.1. The topological polar surface area (TPSA) is 64.1 Å². The number of nitrogens with one attached hydrogen (secondary N) is 1. The molecule has 186 valence electrons. The summed E-state index contributed by atoms with van der Waals surface area (Å²) in [7, 11) is 0. The predicted molar refractivity (Wildman–Crippen MR) is 155 cm³/mol. The van der Waals surface area contributed by atoms with Crippen molar-refractivity contribution >= 4 is 74.1 Å². The molecule has 0 saturated heterocycles. The molecule has 5 nitrogen and oxygen atoms in total. The van der Waals surface area contributed by atoms with Gasteiger partial charge in [-0.25, -0.2) is 14.8 Å². The molecule has 0 atom stereocenters. The summed E-state index contributed by atoms with van der Waals surface area (Å²) in [4.78, 5) is 22.8. The maximum absolute atomic E-state index is 13.1. The molecule has 0 aliphatic rings. The third-order valence-electron chi connectivity index (χ3n) is 5.52. The number of fused-ring (bicyclic) bond motifs is 1. The van der Waals surface area contributed by atoms with Crippen molar-refractivity contribution in [1.29, 1.82) is 0 Å². The maximum Gasteiger partial charge on any atom is 0.341 e. The highest BCUT2D eigenvalue weighted by atomic mass is 35.5. The predicted octanol–water partition coefficient (Wildman–Crippen LogP) is 8.88. The van der Waals surface area contributed by atoms with E-state index in [9.17, 15) is 4.79 Å². The smallest absolute Gasteiger partial charge is 0.341 e. The van der Waals surface area contributed by atoms with Crippen LogP contribution in [-0.2, 0) is 10.5 Å². The molecule has 0 bridgehead atoms. The van der Waals surface area contributed by atoms with Gasteiger partial charge in [0, 0.05) is 26.7 Å². The minimum atomic E-state index is -0.407. The van der Waals surface area contributed by atoms with E-state index < -0.39 is 5.97 Å². The molecule has 0 fully saturated rings. The third-order valence-corrected chi connectivity index (χ3v) is 8.05. The van der Waals surface area contributed by atoms with Gasteiger partial charge in [0.1, 0.15) is 15.6 Å². The highest BCUT2D eigenvalue weighted by Crippen LogP contribution is 2.40. The molecule has 2 heterocycles. The van der Waals surface area contributed by atoms with Crippen molar-refractivity contribution in [1.82, 2.24) is 9.97 Å². The summed E-state index contributed by atoms with van der Waals surface area (Å²) < 4.78 is 5.42. The lowest BCUT2D eigenvalue weighted by Gasteiger charge is -2.13. The van der Waals surface area contributed by atoms with Crippen molar-refractivity contribution in [2.75, 3.05) is 11.9 Å². The Balaban J connectivity index is 1.55. The van der Waals surface area contributed by atoms with E-state index in [1.807, 2.05) is 66.0 Å². The van der Waals surface area contributed by atoms with E-state index in [1.54, 1.807) is 19.1 Å². The number of nitrogens with zero attached hydrogens (tertiary/aromatic N) is 2. The number of hydrogen-bond donors (Lipinski definition) is 1. The van der Waals surface area contributed by atoms with Crippen LogP contribution in [0.2, 0.25) is 10.0 Å². The quantitative estimate of drug-likeness (QED) is 0.150. The molecule has 5 aromatic rings. The van der Waals surface area contributed by atoms with Crippen molar-refractivity contribution in [3.8, 4) is 11.1 Å². The normalized spacial score (nSPS) is 11.0. The number of para-hydroxylation sites is 2. The Morgan fingerprint density at radius 3 is 2.41 bits per heavy atom. The molecule has 9 heteroatoms. The van der Waals surface area contributed by atoms with Crippen LogP contribution in [0.15, 0.2) is 83.2 Å². The molecule has 3 aromatic carbocycles. The lowest BCUT2D eigenvalue weighted by Crippen LogP contribution is -2.08. The molecule has 0 aliphatic carbocycles. The first kappa shape index (κ1) is 25.5. The fourth-order valence-corrected chi connectivity index (χ4v) is 6.04. The van der Waals surface area contributed by atoms with E-state index in [1.165, 1.54) is 23.1 Å². The SMILES string of the molecule is CCOC(=O)c1c(-c2ccc(Cl)cc2)csc1Nc1nc2ccccc2nc1SCc1ccccc1Cl. The standard InChI is InChI=1S/C28H21Cl2N3O2S2/c1-2-35-28(34)24-20(17-11-13-19(29)14-12-17)16-37-26(24)33-25-27(32-23-10-6-5-9-22(23)31-25)36-15-18-7-3-4-8-21(18)30/h3-14,16H,2,15H2,1H3,(H,31,33). The first-order valence-corrected chi connectivity index (χ1v) is 14.1. The number of thiophene rings is 1. The van der Waals surface area contributed by atoms with Crippen LogP contribution in [0.4, 0.5) is 10.8 Å². The molecule has 0 unspecified atom stereocenters. The van der Waals surface area contributed by atoms with Gasteiger partial charge in [0.2, 0.25) is 0 Å². The van der Waals surface area contributed by atoms with Crippen molar-refractivity contribution in [2.24, 2.45) is 0 Å². The van der Waals surface area contributed by atoms with E-state index in [2.05, 4.69) is 5.32 Å². The molecule has 37 heavy (non-hydrogen) atoms. The van der Waals surface area contributed by atoms with Crippen LogP contribution in [-0.4, -0.2) is 22.5 Å². The number of rotatable bonds is 8. The monoisotopic (exact) mass is 565 g/mol. The molecule has 0 saturated carbocycles. The number of esters is 1. The fourth-order valence-electron chi connectivity index (χ4n) is 3.73. The first-order chi connectivity index (χ1) is 18.0. The van der Waals surface area contributed by atoms with Gasteiger partial charge in [-0.3, -0.25) is 0 Å². The van der Waals surface area contributed by atoms with Crippen molar-refractivity contribution in [2.45, 2.75) is 17.7 Å². The first-order valence-electron chi connectivity index (χ1n) is 11.5. The lowest BCUT2D eigenvalue weighted by molar-refractivity contribution is 0.0529. The van der Waals surface area contributed by atoms with Crippen molar-refractivity contribution < 1.29 is 9.53 Å². The molecular formula is C28H21Cl2N3O2S2. The Bertz CT molecular complexity index is 1570. The number of carbonyl (C=O) groups is 1. The number of ether oxygens (including phenoxy) is 1. The van der Waals surface area contributed by atoms with Crippen LogP contribution in [0.1, 0.15) is 22.8 Å². The van der Waals surface area contributed by atoms with E-state index >= 15 is 0 Å². The van der Waals surface area contributed by atoms with Gasteiger partial charge in [-0.15, -0.1) is 11.3 Å². The minimum absolute atomic E-state index is 0.267. The molecule has 0 amide bonds. The zero-order valence-electron chi connectivity index (χ0n) is 19.7. The van der Waals surface area contributed by atoms with Crippen LogP contribution < -0.4 is 5.32 Å². The summed E-state index contributed by atoms with van der Waals surface area (Å²) in [5.74, 6) is 0.771.